The Balaban J connectivity index is 1.50. The lowest BCUT2D eigenvalue weighted by Gasteiger charge is -2.24. The smallest absolute Gasteiger partial charge is 0.247 e. The SMILES string of the molecule is CC(C)(CCC(=O)NCc1nnc(-c2ccccc2)o1)c1ccccc1. The maximum Gasteiger partial charge on any atom is 0.247 e. The molecule has 0 spiro atoms. The predicted molar refractivity (Wildman–Crippen MR) is 100 cm³/mol. The molecule has 0 aliphatic rings. The number of hydrogen-bond donors (Lipinski definition) is 1. The zero-order valence-electron chi connectivity index (χ0n) is 15.1. The summed E-state index contributed by atoms with van der Waals surface area (Å²) in [4.78, 5) is 12.2. The summed E-state index contributed by atoms with van der Waals surface area (Å²) in [6.07, 6.45) is 1.21. The maximum absolute atomic E-state index is 12.2. The average Bonchev–Trinajstić information content (AvgIpc) is 3.15. The molecule has 2 aromatic carbocycles. The molecule has 1 heterocycles. The molecule has 0 unspecified atom stereocenters. The molecule has 0 aliphatic heterocycles. The lowest BCUT2D eigenvalue weighted by atomic mass is 9.80. The first kappa shape index (κ1) is 17.9. The number of carbonyl (C=O) groups is 1. The minimum atomic E-state index is -0.0520. The van der Waals surface area contributed by atoms with Gasteiger partial charge in [0.15, 0.2) is 0 Å². The van der Waals surface area contributed by atoms with Gasteiger partial charge in [0.25, 0.3) is 0 Å². The highest BCUT2D eigenvalue weighted by Gasteiger charge is 2.21. The molecular formula is C21H23N3O2. The highest BCUT2D eigenvalue weighted by molar-refractivity contribution is 5.75. The number of carbonyl (C=O) groups excluding carboxylic acids is 1. The van der Waals surface area contributed by atoms with Crippen molar-refractivity contribution in [3.63, 3.8) is 0 Å². The van der Waals surface area contributed by atoms with Crippen LogP contribution in [0, 0.1) is 0 Å². The van der Waals surface area contributed by atoms with E-state index in [2.05, 4.69) is 41.5 Å². The molecule has 1 aromatic heterocycles. The van der Waals surface area contributed by atoms with E-state index in [1.165, 1.54) is 5.56 Å². The molecule has 1 amide bonds. The molecule has 0 saturated heterocycles. The Morgan fingerprint density at radius 2 is 1.65 bits per heavy atom. The van der Waals surface area contributed by atoms with Crippen LogP contribution in [0.4, 0.5) is 0 Å². The number of benzene rings is 2. The van der Waals surface area contributed by atoms with Crippen molar-refractivity contribution in [1.29, 1.82) is 0 Å². The average molecular weight is 349 g/mol. The quantitative estimate of drug-likeness (QED) is 0.697. The molecule has 3 aromatic rings. The minimum Gasteiger partial charge on any atom is -0.419 e. The van der Waals surface area contributed by atoms with E-state index >= 15 is 0 Å². The van der Waals surface area contributed by atoms with Gasteiger partial charge in [-0.25, -0.2) is 0 Å². The molecule has 5 heteroatoms. The summed E-state index contributed by atoms with van der Waals surface area (Å²) < 4.78 is 5.60. The summed E-state index contributed by atoms with van der Waals surface area (Å²) in [5.41, 5.74) is 2.04. The Hall–Kier alpha value is -2.95. The van der Waals surface area contributed by atoms with Crippen LogP contribution in [0.15, 0.2) is 65.1 Å². The van der Waals surface area contributed by atoms with Crippen molar-refractivity contribution in [1.82, 2.24) is 15.5 Å². The van der Waals surface area contributed by atoms with Crippen molar-refractivity contribution >= 4 is 5.91 Å². The van der Waals surface area contributed by atoms with Crippen molar-refractivity contribution in [2.75, 3.05) is 0 Å². The molecule has 0 aliphatic carbocycles. The largest absolute Gasteiger partial charge is 0.419 e. The summed E-state index contributed by atoms with van der Waals surface area (Å²) in [5, 5.41) is 10.9. The monoisotopic (exact) mass is 349 g/mol. The van der Waals surface area contributed by atoms with E-state index in [9.17, 15) is 4.79 Å². The molecule has 0 fully saturated rings. The molecule has 0 atom stereocenters. The second-order valence-corrected chi connectivity index (χ2v) is 6.89. The number of rotatable bonds is 7. The lowest BCUT2D eigenvalue weighted by molar-refractivity contribution is -0.121. The van der Waals surface area contributed by atoms with Gasteiger partial charge in [0.05, 0.1) is 6.54 Å². The van der Waals surface area contributed by atoms with E-state index in [-0.39, 0.29) is 17.9 Å². The second-order valence-electron chi connectivity index (χ2n) is 6.89. The second kappa shape index (κ2) is 7.95. The maximum atomic E-state index is 12.2. The Bertz CT molecular complexity index is 842. The van der Waals surface area contributed by atoms with E-state index in [4.69, 9.17) is 4.42 Å². The van der Waals surface area contributed by atoms with E-state index in [1.54, 1.807) is 0 Å². The van der Waals surface area contributed by atoms with Gasteiger partial charge >= 0.3 is 0 Å². The zero-order chi connectivity index (χ0) is 18.4. The Morgan fingerprint density at radius 1 is 1.00 bits per heavy atom. The molecule has 5 nitrogen and oxygen atoms in total. The van der Waals surface area contributed by atoms with Gasteiger partial charge in [-0.2, -0.15) is 0 Å². The number of aromatic nitrogens is 2. The summed E-state index contributed by atoms with van der Waals surface area (Å²) in [6.45, 7) is 4.55. The van der Waals surface area contributed by atoms with Gasteiger partial charge in [-0.1, -0.05) is 62.4 Å². The molecule has 0 radical (unpaired) electrons. The van der Waals surface area contributed by atoms with Crippen LogP contribution < -0.4 is 5.32 Å². The molecular weight excluding hydrogens is 326 g/mol. The van der Waals surface area contributed by atoms with Gasteiger partial charge in [-0.15, -0.1) is 10.2 Å². The van der Waals surface area contributed by atoms with Crippen molar-refractivity contribution < 1.29 is 9.21 Å². The van der Waals surface area contributed by atoms with Crippen molar-refractivity contribution in [3.8, 4) is 11.5 Å². The van der Waals surface area contributed by atoms with Crippen LogP contribution >= 0.6 is 0 Å². The highest BCUT2D eigenvalue weighted by Crippen LogP contribution is 2.28. The zero-order valence-corrected chi connectivity index (χ0v) is 15.1. The Kier molecular flexibility index (Phi) is 5.46. The summed E-state index contributed by atoms with van der Waals surface area (Å²) in [6, 6.07) is 19.8. The van der Waals surface area contributed by atoms with Gasteiger partial charge in [0.2, 0.25) is 17.7 Å². The molecule has 26 heavy (non-hydrogen) atoms. The van der Waals surface area contributed by atoms with E-state index < -0.39 is 0 Å². The topological polar surface area (TPSA) is 68.0 Å². The van der Waals surface area contributed by atoms with Crippen LogP contribution in [-0.4, -0.2) is 16.1 Å². The van der Waals surface area contributed by atoms with Gasteiger partial charge < -0.3 is 9.73 Å². The Morgan fingerprint density at radius 3 is 2.35 bits per heavy atom. The number of amides is 1. The van der Waals surface area contributed by atoms with Crippen molar-refractivity contribution in [2.24, 2.45) is 0 Å². The fourth-order valence-electron chi connectivity index (χ4n) is 2.74. The van der Waals surface area contributed by atoms with Crippen molar-refractivity contribution in [3.05, 3.63) is 72.1 Å². The standard InChI is InChI=1S/C21H23N3O2/c1-21(2,17-11-7-4-8-12-17)14-13-18(25)22-15-19-23-24-20(26-19)16-9-5-3-6-10-16/h3-12H,13-15H2,1-2H3,(H,22,25). The predicted octanol–water partition coefficient (Wildman–Crippen LogP) is 4.11. The Labute approximate surface area is 153 Å². The lowest BCUT2D eigenvalue weighted by Crippen LogP contribution is -2.26. The fourth-order valence-corrected chi connectivity index (χ4v) is 2.74. The number of nitrogens with zero attached hydrogens (tertiary/aromatic N) is 2. The third kappa shape index (κ3) is 4.57. The first-order valence-corrected chi connectivity index (χ1v) is 8.75. The first-order chi connectivity index (χ1) is 12.5. The van der Waals surface area contributed by atoms with Gasteiger partial charge in [0.1, 0.15) is 0 Å². The van der Waals surface area contributed by atoms with Gasteiger partial charge in [-0.3, -0.25) is 4.79 Å². The van der Waals surface area contributed by atoms with Gasteiger partial charge in [-0.05, 0) is 29.5 Å². The third-order valence-electron chi connectivity index (χ3n) is 4.46. The summed E-state index contributed by atoms with van der Waals surface area (Å²) in [7, 11) is 0. The van der Waals surface area contributed by atoms with Crippen LogP contribution in [0.25, 0.3) is 11.5 Å². The number of hydrogen-bond acceptors (Lipinski definition) is 4. The van der Waals surface area contributed by atoms with Crippen LogP contribution in [0.5, 0.6) is 0 Å². The molecule has 0 saturated carbocycles. The molecule has 1 N–H and O–H groups in total. The number of nitrogens with one attached hydrogen (secondary N) is 1. The van der Waals surface area contributed by atoms with E-state index in [0.717, 1.165) is 12.0 Å². The normalized spacial score (nSPS) is 11.3. The van der Waals surface area contributed by atoms with Crippen LogP contribution in [-0.2, 0) is 16.8 Å². The first-order valence-electron chi connectivity index (χ1n) is 8.75. The third-order valence-corrected chi connectivity index (χ3v) is 4.46. The fraction of sp³-hybridized carbons (Fsp3) is 0.286. The minimum absolute atomic E-state index is 0.0199. The van der Waals surface area contributed by atoms with E-state index in [0.29, 0.717) is 18.2 Å². The van der Waals surface area contributed by atoms with Crippen LogP contribution in [0.1, 0.15) is 38.1 Å². The van der Waals surface area contributed by atoms with E-state index in [1.807, 2.05) is 48.5 Å². The van der Waals surface area contributed by atoms with Gasteiger partial charge in [0, 0.05) is 12.0 Å². The summed E-state index contributed by atoms with van der Waals surface area (Å²) >= 11 is 0. The molecule has 0 bridgehead atoms. The molecule has 134 valence electrons. The van der Waals surface area contributed by atoms with Crippen molar-refractivity contribution in [2.45, 2.75) is 38.6 Å². The van der Waals surface area contributed by atoms with Crippen LogP contribution in [0.3, 0.4) is 0 Å². The molecule has 3 rings (SSSR count). The summed E-state index contributed by atoms with van der Waals surface area (Å²) in [5.74, 6) is 0.841. The highest BCUT2D eigenvalue weighted by atomic mass is 16.4. The van der Waals surface area contributed by atoms with Crippen LogP contribution in [0.2, 0.25) is 0 Å².